The topological polar surface area (TPSA) is 191 Å². The fourth-order valence-electron chi connectivity index (χ4n) is 7.28. The number of hydrogen-bond acceptors (Lipinski definition) is 13. The third-order valence-electron chi connectivity index (χ3n) is 10.3. The molecular formula is C49H57N11O5S2. The number of alkyl carbamates (subject to hydrolysis) is 1. The molecule has 0 aliphatic carbocycles. The van der Waals surface area contributed by atoms with E-state index in [1.165, 1.54) is 27.4 Å². The van der Waals surface area contributed by atoms with E-state index in [1.807, 2.05) is 51.4 Å². The van der Waals surface area contributed by atoms with Crippen molar-refractivity contribution in [3.05, 3.63) is 94.4 Å². The van der Waals surface area contributed by atoms with Crippen LogP contribution in [0.5, 0.6) is 0 Å². The van der Waals surface area contributed by atoms with Crippen LogP contribution in [0.4, 0.5) is 10.6 Å². The van der Waals surface area contributed by atoms with Crippen LogP contribution in [-0.2, 0) is 33.9 Å². The first-order chi connectivity index (χ1) is 32.4. The first-order valence-corrected chi connectivity index (χ1v) is 24.3. The summed E-state index contributed by atoms with van der Waals surface area (Å²) >= 11 is 3.15. The van der Waals surface area contributed by atoms with Gasteiger partial charge in [-0.1, -0.05) is 60.2 Å². The molecule has 0 bridgehead atoms. The van der Waals surface area contributed by atoms with Gasteiger partial charge in [-0.25, -0.2) is 19.4 Å². The zero-order valence-corrected chi connectivity index (χ0v) is 40.4. The Hall–Kier alpha value is -6.52. The average Bonchev–Trinajstić information content (AvgIpc) is 4.04. The summed E-state index contributed by atoms with van der Waals surface area (Å²) in [6.07, 6.45) is 0.465. The highest BCUT2D eigenvalue weighted by molar-refractivity contribution is 7.99. The Morgan fingerprint density at radius 2 is 1.64 bits per heavy atom. The minimum atomic E-state index is -0.585. The summed E-state index contributed by atoms with van der Waals surface area (Å²) in [5, 5.41) is 28.7. The zero-order valence-electron chi connectivity index (χ0n) is 38.7. The second kappa shape index (κ2) is 22.8. The average molecular weight is 944 g/mol. The van der Waals surface area contributed by atoms with E-state index in [-0.39, 0.29) is 31.6 Å². The van der Waals surface area contributed by atoms with Gasteiger partial charge < -0.3 is 40.6 Å². The van der Waals surface area contributed by atoms with Gasteiger partial charge in [0.15, 0.2) is 22.1 Å². The summed E-state index contributed by atoms with van der Waals surface area (Å²) in [7, 11) is 1.96. The van der Waals surface area contributed by atoms with E-state index in [1.54, 1.807) is 39.9 Å². The van der Waals surface area contributed by atoms with Gasteiger partial charge in [0.05, 0.1) is 19.8 Å². The number of aromatic nitrogens is 6. The van der Waals surface area contributed by atoms with Gasteiger partial charge in [-0.15, -0.1) is 16.4 Å². The molecule has 0 saturated carbocycles. The Balaban J connectivity index is 0.832. The number of amides is 3. The predicted molar refractivity (Wildman–Crippen MR) is 267 cm³/mol. The number of thioether (sulfide) groups is 1. The monoisotopic (exact) mass is 943 g/mol. The summed E-state index contributed by atoms with van der Waals surface area (Å²) in [5.41, 5.74) is 7.48. The van der Waals surface area contributed by atoms with Gasteiger partial charge in [-0.3, -0.25) is 9.59 Å². The molecule has 7 rings (SSSR count). The normalized spacial score (nSPS) is 11.4. The number of benzene rings is 3. The molecule has 0 saturated heterocycles. The van der Waals surface area contributed by atoms with Crippen molar-refractivity contribution in [2.24, 2.45) is 0 Å². The van der Waals surface area contributed by atoms with Crippen LogP contribution in [0.2, 0.25) is 0 Å². The van der Waals surface area contributed by atoms with Crippen molar-refractivity contribution in [2.75, 3.05) is 57.5 Å². The number of thiophene rings is 1. The van der Waals surface area contributed by atoms with E-state index in [4.69, 9.17) is 14.5 Å². The summed E-state index contributed by atoms with van der Waals surface area (Å²) in [6.45, 7) is 13.6. The van der Waals surface area contributed by atoms with E-state index < -0.39 is 11.7 Å². The Labute approximate surface area is 398 Å². The lowest BCUT2D eigenvalue weighted by atomic mass is 10.1. The summed E-state index contributed by atoms with van der Waals surface area (Å²) in [6, 6.07) is 22.5. The van der Waals surface area contributed by atoms with Crippen LogP contribution in [0.15, 0.2) is 77.3 Å². The van der Waals surface area contributed by atoms with E-state index in [2.05, 4.69) is 109 Å². The highest BCUT2D eigenvalue weighted by Gasteiger charge is 2.18. The highest BCUT2D eigenvalue weighted by atomic mass is 32.2. The molecule has 3 amide bonds. The minimum absolute atomic E-state index is 0.229. The maximum Gasteiger partial charge on any atom is 0.407 e. The van der Waals surface area contributed by atoms with E-state index in [0.29, 0.717) is 53.9 Å². The predicted octanol–water partition coefficient (Wildman–Crippen LogP) is 7.20. The third-order valence-corrected chi connectivity index (χ3v) is 12.3. The standard InChI is InChI=1S/C49H57N11O5S2/c1-7-25-66-47-55-44(52-19-20-54-48(63)65-49(3,4)5)43-45(56-47)60(58-57-43)30-32-9-13-35(14-10-32)46(62)53-22-24-64-23-21-51-42(61)18-12-34-27-41(67-31-34)36-15-16-37-38-26-33(29-50-6)11-17-39(38)59(8-2)40(37)28-36/h9-11,13-17,26-28,31,50H,7-8,19-25,29-30H2,1-6H3,(H,51,61)(H,53,62)(H,54,63)(H,52,55,56). The third kappa shape index (κ3) is 12.9. The molecule has 350 valence electrons. The number of fused-ring (bicyclic) bond motifs is 4. The van der Waals surface area contributed by atoms with Gasteiger partial charge in [-0.2, -0.15) is 0 Å². The number of carbonyl (C=O) groups is 3. The second-order valence-electron chi connectivity index (χ2n) is 16.6. The fraction of sp³-hybridized carbons (Fsp3) is 0.367. The van der Waals surface area contributed by atoms with Crippen molar-refractivity contribution in [2.45, 2.75) is 71.4 Å². The number of ether oxygens (including phenoxy) is 2. The fourth-order valence-corrected chi connectivity index (χ4v) is 8.81. The van der Waals surface area contributed by atoms with Gasteiger partial charge in [0.25, 0.3) is 11.8 Å². The van der Waals surface area contributed by atoms with E-state index >= 15 is 0 Å². The molecule has 3 aromatic carbocycles. The molecule has 5 N–H and O–H groups in total. The Bertz CT molecular complexity index is 2910. The summed E-state index contributed by atoms with van der Waals surface area (Å²) < 4.78 is 15.0. The molecule has 0 fully saturated rings. The lowest BCUT2D eigenvalue weighted by Gasteiger charge is -2.19. The molecule has 18 heteroatoms. The molecule has 4 aromatic heterocycles. The molecular weight excluding hydrogens is 887 g/mol. The number of nitrogens with one attached hydrogen (secondary N) is 5. The number of hydrogen-bond donors (Lipinski definition) is 5. The molecule has 0 radical (unpaired) electrons. The Kier molecular flexibility index (Phi) is 16.5. The van der Waals surface area contributed by atoms with Gasteiger partial charge in [-0.05, 0) is 94.3 Å². The van der Waals surface area contributed by atoms with Crippen molar-refractivity contribution in [1.29, 1.82) is 0 Å². The van der Waals surface area contributed by atoms with Gasteiger partial charge in [0.1, 0.15) is 5.60 Å². The van der Waals surface area contributed by atoms with Crippen LogP contribution < -0.4 is 26.6 Å². The molecule has 67 heavy (non-hydrogen) atoms. The van der Waals surface area contributed by atoms with Gasteiger partial charge in [0, 0.05) is 94.1 Å². The number of carbonyl (C=O) groups excluding carboxylic acids is 3. The first-order valence-electron chi connectivity index (χ1n) is 22.4. The maximum absolute atomic E-state index is 12.9. The quantitative estimate of drug-likeness (QED) is 0.0224. The molecule has 7 aromatic rings. The lowest BCUT2D eigenvalue weighted by Crippen LogP contribution is -2.35. The van der Waals surface area contributed by atoms with Crippen molar-refractivity contribution in [3.63, 3.8) is 0 Å². The van der Waals surface area contributed by atoms with Gasteiger partial charge >= 0.3 is 6.09 Å². The van der Waals surface area contributed by atoms with E-state index in [0.717, 1.165) is 46.8 Å². The van der Waals surface area contributed by atoms with Crippen LogP contribution in [0.3, 0.4) is 0 Å². The van der Waals surface area contributed by atoms with Crippen molar-refractivity contribution in [1.82, 2.24) is 50.8 Å². The first kappa shape index (κ1) is 48.4. The highest BCUT2D eigenvalue weighted by Crippen LogP contribution is 2.35. The van der Waals surface area contributed by atoms with Crippen LogP contribution in [0.1, 0.15) is 68.1 Å². The largest absolute Gasteiger partial charge is 0.444 e. The molecule has 0 aliphatic rings. The van der Waals surface area contributed by atoms with Crippen LogP contribution in [0, 0.1) is 11.8 Å². The number of rotatable bonds is 20. The minimum Gasteiger partial charge on any atom is -0.444 e. The number of anilines is 1. The Morgan fingerprint density at radius 1 is 0.851 bits per heavy atom. The van der Waals surface area contributed by atoms with Crippen LogP contribution in [-0.4, -0.2) is 105 Å². The van der Waals surface area contributed by atoms with Crippen LogP contribution >= 0.6 is 23.1 Å². The van der Waals surface area contributed by atoms with E-state index in [9.17, 15) is 14.4 Å². The molecule has 0 atom stereocenters. The van der Waals surface area contributed by atoms with Gasteiger partial charge in [0.2, 0.25) is 0 Å². The molecule has 0 unspecified atom stereocenters. The van der Waals surface area contributed by atoms with Crippen molar-refractivity contribution in [3.8, 4) is 22.3 Å². The lowest BCUT2D eigenvalue weighted by molar-refractivity contribution is -0.115. The summed E-state index contributed by atoms with van der Waals surface area (Å²) in [4.78, 5) is 47.9. The Morgan fingerprint density at radius 3 is 2.40 bits per heavy atom. The number of aryl methyl sites for hydroxylation is 1. The molecule has 0 spiro atoms. The molecule has 16 nitrogen and oxygen atoms in total. The molecule has 0 aliphatic heterocycles. The second-order valence-corrected chi connectivity index (χ2v) is 18.6. The zero-order chi connectivity index (χ0) is 47.3. The SMILES string of the molecule is CCCSc1nc(NCCNC(=O)OC(C)(C)C)c2nnn(Cc3ccc(C(=O)NCCOCCNC(=O)C#Cc4csc(-c5ccc6c7cc(CNC)ccc7n(CC)c6c5)c4)cc3)c2n1. The maximum atomic E-state index is 12.9. The smallest absolute Gasteiger partial charge is 0.407 e. The molecule has 4 heterocycles. The summed E-state index contributed by atoms with van der Waals surface area (Å²) in [5.74, 6) is 6.43. The number of nitrogens with zero attached hydrogens (tertiary/aromatic N) is 6. The van der Waals surface area contributed by atoms with Crippen LogP contribution in [0.25, 0.3) is 43.4 Å². The van der Waals surface area contributed by atoms with Crippen molar-refractivity contribution < 1.29 is 23.9 Å². The van der Waals surface area contributed by atoms with Crippen molar-refractivity contribution >= 4 is 79.8 Å².